The van der Waals surface area contributed by atoms with Gasteiger partial charge in [0.1, 0.15) is 11.5 Å². The molecule has 0 aliphatic carbocycles. The number of nitrogens with one attached hydrogen (secondary N) is 4. The Labute approximate surface area is 306 Å². The van der Waals surface area contributed by atoms with Crippen molar-refractivity contribution in [2.45, 2.75) is 9.79 Å². The number of fused-ring (bicyclic) bond motifs is 2. The number of benzene rings is 5. The third-order valence-electron chi connectivity index (χ3n) is 7.35. The molecule has 0 unspecified atom stereocenters. The maximum absolute atomic E-state index is 12.3. The molecule has 0 saturated heterocycles. The molecule has 2 aliphatic heterocycles. The molecule has 5 aromatic rings. The predicted octanol–water partition coefficient (Wildman–Crippen LogP) is 4.76. The Bertz CT molecular complexity index is 2480. The normalized spacial score (nSPS) is 14.8. The van der Waals surface area contributed by atoms with Gasteiger partial charge >= 0.3 is 0 Å². The summed E-state index contributed by atoms with van der Waals surface area (Å²) in [5.41, 5.74) is 9.57. The molecule has 0 atom stereocenters. The van der Waals surface area contributed by atoms with Crippen LogP contribution in [0.5, 0.6) is 11.5 Å². The molecule has 5 aromatic carbocycles. The number of para-hydroxylation sites is 1. The summed E-state index contributed by atoms with van der Waals surface area (Å²) in [5, 5.41) is 23.8. The van der Waals surface area contributed by atoms with Crippen molar-refractivity contribution in [2.75, 3.05) is 21.5 Å². The van der Waals surface area contributed by atoms with Crippen LogP contribution in [0.15, 0.2) is 140 Å². The number of anilines is 4. The van der Waals surface area contributed by atoms with Crippen molar-refractivity contribution in [3.63, 3.8) is 0 Å². The number of hydrazone groups is 2. The van der Waals surface area contributed by atoms with Crippen LogP contribution in [0.3, 0.4) is 0 Å². The lowest BCUT2D eigenvalue weighted by molar-refractivity contribution is -0.110. The zero-order chi connectivity index (χ0) is 37.0. The molecular formula is C34H27BrN8O7S2. The molecule has 52 heavy (non-hydrogen) atoms. The molecule has 2 aliphatic rings. The maximum Gasteiger partial charge on any atom is 0.276 e. The average Bonchev–Trinajstić information content (AvgIpc) is 3.59. The van der Waals surface area contributed by atoms with E-state index in [0.717, 1.165) is 4.47 Å². The van der Waals surface area contributed by atoms with Gasteiger partial charge in [0.2, 0.25) is 20.0 Å². The Balaban J connectivity index is 0.000000183. The molecular weight excluding hydrogens is 776 g/mol. The van der Waals surface area contributed by atoms with Crippen molar-refractivity contribution in [3.8, 4) is 11.5 Å². The molecule has 2 amide bonds. The van der Waals surface area contributed by atoms with E-state index in [4.69, 9.17) is 15.0 Å². The molecule has 18 heteroatoms. The van der Waals surface area contributed by atoms with Crippen molar-refractivity contribution >= 4 is 82.0 Å². The van der Waals surface area contributed by atoms with Gasteiger partial charge in [-0.25, -0.2) is 27.1 Å². The fourth-order valence-corrected chi connectivity index (χ4v) is 6.25. The number of amides is 2. The van der Waals surface area contributed by atoms with Crippen LogP contribution in [0.2, 0.25) is 0 Å². The van der Waals surface area contributed by atoms with Crippen LogP contribution in [0, 0.1) is 0 Å². The molecule has 0 spiro atoms. The van der Waals surface area contributed by atoms with Crippen LogP contribution in [0.25, 0.3) is 0 Å². The zero-order valence-corrected chi connectivity index (χ0v) is 29.8. The number of carbonyl (C=O) groups excluding carboxylic acids is 2. The molecule has 0 aromatic heterocycles. The van der Waals surface area contributed by atoms with E-state index >= 15 is 0 Å². The second kappa shape index (κ2) is 14.7. The van der Waals surface area contributed by atoms with Gasteiger partial charge in [-0.05, 0) is 91.0 Å². The van der Waals surface area contributed by atoms with Gasteiger partial charge in [0.05, 0.1) is 32.5 Å². The zero-order valence-electron chi connectivity index (χ0n) is 26.6. The van der Waals surface area contributed by atoms with Gasteiger partial charge < -0.3 is 15.4 Å². The molecule has 15 nitrogen and oxygen atoms in total. The quantitative estimate of drug-likeness (QED) is 0.119. The van der Waals surface area contributed by atoms with Gasteiger partial charge in [0.25, 0.3) is 11.8 Å². The fourth-order valence-electron chi connectivity index (χ4n) is 4.86. The van der Waals surface area contributed by atoms with Crippen molar-refractivity contribution in [1.82, 2.24) is 0 Å². The first-order valence-corrected chi connectivity index (χ1v) is 18.9. The first kappa shape index (κ1) is 35.9. The van der Waals surface area contributed by atoms with Gasteiger partial charge in [-0.1, -0.05) is 34.1 Å². The number of sulfonamides is 2. The highest BCUT2D eigenvalue weighted by atomic mass is 79.9. The Hall–Kier alpha value is -5.92. The number of rotatable bonds is 8. The third-order valence-corrected chi connectivity index (χ3v) is 9.70. The van der Waals surface area contributed by atoms with Crippen LogP contribution >= 0.6 is 15.9 Å². The summed E-state index contributed by atoms with van der Waals surface area (Å²) >= 11 is 3.34. The summed E-state index contributed by atoms with van der Waals surface area (Å²) in [5.74, 6) is 0.607. The van der Waals surface area contributed by atoms with Crippen LogP contribution in [0.4, 0.5) is 22.7 Å². The molecule has 264 valence electrons. The van der Waals surface area contributed by atoms with E-state index in [2.05, 4.69) is 47.6 Å². The Morgan fingerprint density at radius 2 is 1.04 bits per heavy atom. The summed E-state index contributed by atoms with van der Waals surface area (Å²) < 4.78 is 51.6. The summed E-state index contributed by atoms with van der Waals surface area (Å²) in [7, 11) is -7.50. The van der Waals surface area contributed by atoms with Gasteiger partial charge in [0, 0.05) is 21.7 Å². The van der Waals surface area contributed by atoms with Crippen molar-refractivity contribution in [1.29, 1.82) is 0 Å². The number of nitrogens with two attached hydrogens (primary N) is 2. The molecule has 2 heterocycles. The fraction of sp³-hybridized carbons (Fsp3) is 0. The molecule has 0 saturated carbocycles. The van der Waals surface area contributed by atoms with Crippen molar-refractivity contribution < 1.29 is 31.2 Å². The summed E-state index contributed by atoms with van der Waals surface area (Å²) in [6, 6.07) is 31.4. The predicted molar refractivity (Wildman–Crippen MR) is 200 cm³/mol. The summed E-state index contributed by atoms with van der Waals surface area (Å²) in [6.45, 7) is 0. The minimum absolute atomic E-state index is 0.00417. The SMILES string of the molecule is NS(=O)(=O)c1ccc(NN=C2C(=O)Nc3cc(Br)ccc32)cc1.NS(=O)(=O)c1ccc(NN=C2C(=O)Nc3cc(Oc4ccccc4)ccc32)cc1. The first-order chi connectivity index (χ1) is 24.7. The second-order valence-electron chi connectivity index (χ2n) is 11.0. The highest BCUT2D eigenvalue weighted by Gasteiger charge is 2.27. The lowest BCUT2D eigenvalue weighted by atomic mass is 10.1. The average molecular weight is 804 g/mol. The third kappa shape index (κ3) is 8.50. The number of hydrogen-bond donors (Lipinski definition) is 6. The van der Waals surface area contributed by atoms with Gasteiger partial charge in [-0.15, -0.1) is 0 Å². The van der Waals surface area contributed by atoms with Crippen LogP contribution in [-0.4, -0.2) is 40.1 Å². The van der Waals surface area contributed by atoms with E-state index in [-0.39, 0.29) is 33.0 Å². The van der Waals surface area contributed by atoms with E-state index in [0.29, 0.717) is 45.4 Å². The highest BCUT2D eigenvalue weighted by Crippen LogP contribution is 2.31. The van der Waals surface area contributed by atoms with Crippen LogP contribution < -0.4 is 36.5 Å². The second-order valence-corrected chi connectivity index (χ2v) is 15.0. The Morgan fingerprint density at radius 1 is 0.577 bits per heavy atom. The number of nitrogens with zero attached hydrogens (tertiary/aromatic N) is 2. The van der Waals surface area contributed by atoms with Gasteiger partial charge in [0.15, 0.2) is 11.4 Å². The largest absolute Gasteiger partial charge is 0.457 e. The smallest absolute Gasteiger partial charge is 0.276 e. The van der Waals surface area contributed by atoms with Crippen LogP contribution in [-0.2, 0) is 29.6 Å². The number of carbonyl (C=O) groups is 2. The lowest BCUT2D eigenvalue weighted by Crippen LogP contribution is -2.16. The van der Waals surface area contributed by atoms with E-state index in [9.17, 15) is 26.4 Å². The Morgan fingerprint density at radius 3 is 1.52 bits per heavy atom. The van der Waals surface area contributed by atoms with Gasteiger partial charge in [-0.2, -0.15) is 10.2 Å². The number of halogens is 1. The van der Waals surface area contributed by atoms with Crippen molar-refractivity contribution in [3.05, 3.63) is 131 Å². The highest BCUT2D eigenvalue weighted by molar-refractivity contribution is 9.10. The number of primary sulfonamides is 2. The minimum atomic E-state index is -3.77. The summed E-state index contributed by atoms with van der Waals surface area (Å²) in [6.07, 6.45) is 0. The molecule has 8 N–H and O–H groups in total. The van der Waals surface area contributed by atoms with E-state index in [1.165, 1.54) is 48.5 Å². The molecule has 0 fully saturated rings. The van der Waals surface area contributed by atoms with Gasteiger partial charge in [-0.3, -0.25) is 20.4 Å². The topological polar surface area (TPSA) is 237 Å². The standard InChI is InChI=1S/C20H16N4O4S.C14H11BrN4O3S/c21-29(26,27)16-9-6-13(7-10-16)23-24-19-17-11-8-15(12-18(17)22-20(19)25)28-14-4-2-1-3-5-14;15-8-1-6-11-12(7-8)17-14(20)13(11)19-18-9-2-4-10(5-3-9)23(16,21)22/h1-12,23H,(H2,21,26,27)(H,22,24,25);1-7,18H,(H2,16,21,22)(H,17,19,20). The molecule has 0 bridgehead atoms. The monoisotopic (exact) mass is 802 g/mol. The first-order valence-electron chi connectivity index (χ1n) is 15.0. The minimum Gasteiger partial charge on any atom is -0.457 e. The van der Waals surface area contributed by atoms with E-state index in [1.807, 2.05) is 36.4 Å². The van der Waals surface area contributed by atoms with E-state index < -0.39 is 20.0 Å². The van der Waals surface area contributed by atoms with Crippen molar-refractivity contribution in [2.24, 2.45) is 20.5 Å². The number of ether oxygens (including phenoxy) is 1. The van der Waals surface area contributed by atoms with Crippen LogP contribution in [0.1, 0.15) is 11.1 Å². The number of hydrogen-bond acceptors (Lipinski definition) is 11. The Kier molecular flexibility index (Phi) is 10.2. The van der Waals surface area contributed by atoms with E-state index in [1.54, 1.807) is 30.3 Å². The molecule has 0 radical (unpaired) electrons. The maximum atomic E-state index is 12.3. The lowest BCUT2D eigenvalue weighted by Gasteiger charge is -2.07. The molecule has 7 rings (SSSR count). The summed E-state index contributed by atoms with van der Waals surface area (Å²) in [4.78, 5) is 24.2.